The van der Waals surface area contributed by atoms with E-state index in [2.05, 4.69) is 17.2 Å². The lowest BCUT2D eigenvalue weighted by molar-refractivity contribution is -0.122. The summed E-state index contributed by atoms with van der Waals surface area (Å²) in [6.45, 7) is 9.39. The highest BCUT2D eigenvalue weighted by atomic mass is 16.5. The summed E-state index contributed by atoms with van der Waals surface area (Å²) >= 11 is 0. The van der Waals surface area contributed by atoms with E-state index < -0.39 is 0 Å². The minimum atomic E-state index is 0.132. The highest BCUT2D eigenvalue weighted by Crippen LogP contribution is 2.11. The lowest BCUT2D eigenvalue weighted by atomic mass is 10.0. The van der Waals surface area contributed by atoms with Crippen molar-refractivity contribution < 1.29 is 9.53 Å². The average molecular weight is 226 g/mol. The number of hydrogen-bond acceptors (Lipinski definition) is 3. The van der Waals surface area contributed by atoms with Crippen LogP contribution in [0.25, 0.3) is 0 Å². The lowest BCUT2D eigenvalue weighted by Crippen LogP contribution is -2.29. The molecule has 1 aliphatic heterocycles. The Morgan fingerprint density at radius 1 is 1.62 bits per heavy atom. The molecule has 0 radical (unpaired) electrons. The molecular formula is C12H22N2O2. The molecule has 0 aromatic heterocycles. The number of carbonyl (C=O) groups excluding carboxylic acids is 1. The molecule has 4 nitrogen and oxygen atoms in total. The van der Waals surface area contributed by atoms with E-state index in [1.807, 2.05) is 6.92 Å². The van der Waals surface area contributed by atoms with Crippen molar-refractivity contribution >= 4 is 5.91 Å². The predicted molar refractivity (Wildman–Crippen MR) is 64.2 cm³/mol. The summed E-state index contributed by atoms with van der Waals surface area (Å²) in [5.74, 6) is 0.643. The molecule has 1 atom stereocenters. The van der Waals surface area contributed by atoms with Gasteiger partial charge in [-0.15, -0.1) is 0 Å². The first kappa shape index (κ1) is 13.2. The van der Waals surface area contributed by atoms with Gasteiger partial charge < -0.3 is 15.4 Å². The van der Waals surface area contributed by atoms with E-state index in [1.165, 1.54) is 0 Å². The summed E-state index contributed by atoms with van der Waals surface area (Å²) in [5, 5.41) is 6.11. The molecule has 0 aromatic carbocycles. The topological polar surface area (TPSA) is 50.4 Å². The predicted octanol–water partition coefficient (Wildman–Crippen LogP) is 0.695. The van der Waals surface area contributed by atoms with Gasteiger partial charge in [0.1, 0.15) is 0 Å². The highest BCUT2D eigenvalue weighted by molar-refractivity contribution is 5.76. The largest absolute Gasteiger partial charge is 0.375 e. The van der Waals surface area contributed by atoms with Gasteiger partial charge in [-0.2, -0.15) is 0 Å². The normalized spacial score (nSPS) is 19.7. The quantitative estimate of drug-likeness (QED) is 0.496. The maximum Gasteiger partial charge on any atom is 0.220 e. The lowest BCUT2D eigenvalue weighted by Gasteiger charge is -2.09. The number of rotatable bonds is 7. The number of hydrogen-bond donors (Lipinski definition) is 2. The second-order valence-electron chi connectivity index (χ2n) is 4.42. The van der Waals surface area contributed by atoms with E-state index in [-0.39, 0.29) is 5.91 Å². The summed E-state index contributed by atoms with van der Waals surface area (Å²) in [6.07, 6.45) is 1.74. The molecule has 0 spiro atoms. The van der Waals surface area contributed by atoms with E-state index in [0.717, 1.165) is 25.1 Å². The van der Waals surface area contributed by atoms with Gasteiger partial charge >= 0.3 is 0 Å². The molecule has 0 aromatic rings. The first-order valence-corrected chi connectivity index (χ1v) is 5.88. The third-order valence-corrected chi connectivity index (χ3v) is 2.55. The second kappa shape index (κ2) is 7.41. The Hall–Kier alpha value is -0.870. The van der Waals surface area contributed by atoms with Gasteiger partial charge in [0.2, 0.25) is 5.91 Å². The third kappa shape index (κ3) is 5.88. The zero-order valence-electron chi connectivity index (χ0n) is 10.1. The van der Waals surface area contributed by atoms with Crippen LogP contribution in [-0.2, 0) is 9.53 Å². The molecule has 1 rings (SSSR count). The van der Waals surface area contributed by atoms with Gasteiger partial charge in [0.25, 0.3) is 0 Å². The Kier molecular flexibility index (Phi) is 6.11. The molecule has 2 N–H and O–H groups in total. The van der Waals surface area contributed by atoms with Crippen LogP contribution in [0.1, 0.15) is 19.8 Å². The molecule has 1 saturated heterocycles. The molecular weight excluding hydrogens is 204 g/mol. The van der Waals surface area contributed by atoms with E-state index in [1.54, 1.807) is 0 Å². The van der Waals surface area contributed by atoms with Gasteiger partial charge in [-0.25, -0.2) is 0 Å². The van der Waals surface area contributed by atoms with Crippen molar-refractivity contribution in [3.05, 3.63) is 12.2 Å². The zero-order chi connectivity index (χ0) is 11.8. The molecule has 4 heteroatoms. The van der Waals surface area contributed by atoms with Crippen molar-refractivity contribution in [1.29, 1.82) is 0 Å². The van der Waals surface area contributed by atoms with E-state index in [0.29, 0.717) is 32.1 Å². The van der Waals surface area contributed by atoms with Crippen LogP contribution < -0.4 is 10.6 Å². The number of ether oxygens (including phenoxy) is 1. The first-order valence-electron chi connectivity index (χ1n) is 5.88. The van der Waals surface area contributed by atoms with Crippen molar-refractivity contribution in [2.75, 3.05) is 32.8 Å². The molecule has 0 bridgehead atoms. The molecule has 0 saturated carbocycles. The maximum absolute atomic E-state index is 11.5. The standard InChI is InChI=1S/C12H22N2O2/c1-10(2)9-16-6-5-14-12(15)7-11-3-4-13-8-11/h11,13H,1,3-9H2,2H3,(H,14,15). The fourth-order valence-electron chi connectivity index (χ4n) is 1.73. The van der Waals surface area contributed by atoms with Gasteiger partial charge in [0, 0.05) is 13.0 Å². The van der Waals surface area contributed by atoms with Gasteiger partial charge in [0.05, 0.1) is 13.2 Å². The SMILES string of the molecule is C=C(C)COCCNC(=O)CC1CCNC1. The Bertz CT molecular complexity index is 235. The Balaban J connectivity index is 1.95. The molecule has 0 aliphatic carbocycles. The van der Waals surface area contributed by atoms with Crippen molar-refractivity contribution in [3.8, 4) is 0 Å². The van der Waals surface area contributed by atoms with Crippen LogP contribution in [0, 0.1) is 5.92 Å². The van der Waals surface area contributed by atoms with E-state index >= 15 is 0 Å². The number of nitrogens with one attached hydrogen (secondary N) is 2. The minimum absolute atomic E-state index is 0.132. The summed E-state index contributed by atoms with van der Waals surface area (Å²) in [6, 6.07) is 0. The number of carbonyl (C=O) groups is 1. The van der Waals surface area contributed by atoms with Crippen molar-refractivity contribution in [3.63, 3.8) is 0 Å². The summed E-state index contributed by atoms with van der Waals surface area (Å²) < 4.78 is 5.29. The van der Waals surface area contributed by atoms with Gasteiger partial charge in [0.15, 0.2) is 0 Å². The van der Waals surface area contributed by atoms with Crippen LogP contribution in [0.2, 0.25) is 0 Å². The van der Waals surface area contributed by atoms with E-state index in [4.69, 9.17) is 4.74 Å². The fourth-order valence-corrected chi connectivity index (χ4v) is 1.73. The molecule has 1 fully saturated rings. The minimum Gasteiger partial charge on any atom is -0.375 e. The fraction of sp³-hybridized carbons (Fsp3) is 0.750. The number of amides is 1. The summed E-state index contributed by atoms with van der Waals surface area (Å²) in [7, 11) is 0. The van der Waals surface area contributed by atoms with Crippen LogP contribution in [0.3, 0.4) is 0 Å². The smallest absolute Gasteiger partial charge is 0.220 e. The van der Waals surface area contributed by atoms with Crippen LogP contribution in [0.4, 0.5) is 0 Å². The second-order valence-corrected chi connectivity index (χ2v) is 4.42. The van der Waals surface area contributed by atoms with Crippen molar-refractivity contribution in [2.24, 2.45) is 5.92 Å². The van der Waals surface area contributed by atoms with Crippen LogP contribution in [0.5, 0.6) is 0 Å². The van der Waals surface area contributed by atoms with Crippen LogP contribution in [-0.4, -0.2) is 38.8 Å². The van der Waals surface area contributed by atoms with Gasteiger partial charge in [-0.3, -0.25) is 4.79 Å². The van der Waals surface area contributed by atoms with Crippen LogP contribution in [0.15, 0.2) is 12.2 Å². The highest BCUT2D eigenvalue weighted by Gasteiger charge is 2.17. The zero-order valence-corrected chi connectivity index (χ0v) is 10.1. The van der Waals surface area contributed by atoms with Crippen molar-refractivity contribution in [2.45, 2.75) is 19.8 Å². The monoisotopic (exact) mass is 226 g/mol. The summed E-state index contributed by atoms with van der Waals surface area (Å²) in [4.78, 5) is 11.5. The van der Waals surface area contributed by atoms with E-state index in [9.17, 15) is 4.79 Å². The molecule has 1 heterocycles. The Labute approximate surface area is 97.4 Å². The van der Waals surface area contributed by atoms with Gasteiger partial charge in [-0.1, -0.05) is 12.2 Å². The molecule has 1 unspecified atom stereocenters. The Morgan fingerprint density at radius 3 is 3.06 bits per heavy atom. The molecule has 16 heavy (non-hydrogen) atoms. The maximum atomic E-state index is 11.5. The van der Waals surface area contributed by atoms with Crippen LogP contribution >= 0.6 is 0 Å². The Morgan fingerprint density at radius 2 is 2.44 bits per heavy atom. The molecule has 1 aliphatic rings. The third-order valence-electron chi connectivity index (χ3n) is 2.55. The first-order chi connectivity index (χ1) is 7.68. The summed E-state index contributed by atoms with van der Waals surface area (Å²) in [5.41, 5.74) is 1.00. The molecule has 1 amide bonds. The van der Waals surface area contributed by atoms with Gasteiger partial charge in [-0.05, 0) is 32.4 Å². The molecule has 92 valence electrons. The van der Waals surface area contributed by atoms with Crippen molar-refractivity contribution in [1.82, 2.24) is 10.6 Å². The average Bonchev–Trinajstić information content (AvgIpc) is 2.69.